The normalized spacial score (nSPS) is 11.4. The van der Waals surface area contributed by atoms with Crippen molar-refractivity contribution in [2.75, 3.05) is 33.9 Å². The lowest BCUT2D eigenvalue weighted by Crippen LogP contribution is -2.26. The summed E-state index contributed by atoms with van der Waals surface area (Å²) in [6, 6.07) is 2.14. The lowest BCUT2D eigenvalue weighted by atomic mass is 10.2. The van der Waals surface area contributed by atoms with Gasteiger partial charge in [-0.2, -0.15) is 0 Å². The molecule has 0 fully saturated rings. The smallest absolute Gasteiger partial charge is 0.118 e. The topological polar surface area (TPSA) is 37.6 Å². The van der Waals surface area contributed by atoms with Crippen molar-refractivity contribution in [1.82, 2.24) is 10.2 Å². The number of hydrogen-bond acceptors (Lipinski definition) is 4. The molecule has 0 atom stereocenters. The van der Waals surface area contributed by atoms with Crippen LogP contribution in [0.15, 0.2) is 10.5 Å². The van der Waals surface area contributed by atoms with Crippen molar-refractivity contribution in [3.05, 3.63) is 23.2 Å². The van der Waals surface area contributed by atoms with Crippen LogP contribution in [0.1, 0.15) is 24.0 Å². The summed E-state index contributed by atoms with van der Waals surface area (Å²) < 4.78 is 10.8. The van der Waals surface area contributed by atoms with E-state index in [0.29, 0.717) is 0 Å². The number of aryl methyl sites for hydroxylation is 1. The molecule has 98 valence electrons. The predicted molar refractivity (Wildman–Crippen MR) is 69.0 cm³/mol. The summed E-state index contributed by atoms with van der Waals surface area (Å²) in [5.41, 5.74) is 1.27. The molecule has 0 amide bonds. The predicted octanol–water partition coefficient (Wildman–Crippen LogP) is 1.78. The van der Waals surface area contributed by atoms with Crippen molar-refractivity contribution in [3.8, 4) is 0 Å². The van der Waals surface area contributed by atoms with Crippen LogP contribution in [-0.4, -0.2) is 38.8 Å². The van der Waals surface area contributed by atoms with E-state index in [1.165, 1.54) is 5.56 Å². The van der Waals surface area contributed by atoms with E-state index in [1.807, 2.05) is 14.0 Å². The summed E-state index contributed by atoms with van der Waals surface area (Å²) in [7, 11) is 3.66. The van der Waals surface area contributed by atoms with Gasteiger partial charge in [-0.1, -0.05) is 6.92 Å². The van der Waals surface area contributed by atoms with Crippen molar-refractivity contribution < 1.29 is 9.15 Å². The Balaban J connectivity index is 2.58. The van der Waals surface area contributed by atoms with Crippen molar-refractivity contribution in [2.45, 2.75) is 26.9 Å². The molecule has 0 unspecified atom stereocenters. The zero-order valence-electron chi connectivity index (χ0n) is 11.4. The molecule has 0 radical (unpaired) electrons. The number of nitrogens with zero attached hydrogens (tertiary/aromatic N) is 1. The summed E-state index contributed by atoms with van der Waals surface area (Å²) in [5.74, 6) is 2.02. The maximum Gasteiger partial charge on any atom is 0.118 e. The van der Waals surface area contributed by atoms with E-state index in [2.05, 4.69) is 23.2 Å². The molecule has 0 saturated carbocycles. The molecule has 0 aliphatic heterocycles. The molecule has 1 aromatic rings. The number of hydrogen-bond donors (Lipinski definition) is 1. The van der Waals surface area contributed by atoms with Crippen LogP contribution in [0.2, 0.25) is 0 Å². The minimum Gasteiger partial charge on any atom is -0.465 e. The van der Waals surface area contributed by atoms with Gasteiger partial charge in [-0.05, 0) is 26.6 Å². The van der Waals surface area contributed by atoms with Crippen LogP contribution in [0.25, 0.3) is 0 Å². The lowest BCUT2D eigenvalue weighted by molar-refractivity contribution is 0.147. The first-order valence-corrected chi connectivity index (χ1v) is 6.15. The third-order valence-electron chi connectivity index (χ3n) is 2.88. The highest BCUT2D eigenvalue weighted by atomic mass is 16.5. The Morgan fingerprint density at radius 1 is 1.47 bits per heavy atom. The van der Waals surface area contributed by atoms with Gasteiger partial charge in [0.05, 0.1) is 13.2 Å². The third kappa shape index (κ3) is 4.50. The molecule has 4 nitrogen and oxygen atoms in total. The van der Waals surface area contributed by atoms with Crippen LogP contribution < -0.4 is 5.32 Å². The van der Waals surface area contributed by atoms with Crippen LogP contribution in [0.5, 0.6) is 0 Å². The minimum absolute atomic E-state index is 0.772. The maximum atomic E-state index is 5.68. The van der Waals surface area contributed by atoms with E-state index in [0.717, 1.165) is 44.3 Å². The van der Waals surface area contributed by atoms with E-state index in [9.17, 15) is 0 Å². The van der Waals surface area contributed by atoms with Crippen molar-refractivity contribution in [1.29, 1.82) is 0 Å². The molecule has 0 spiro atoms. The number of nitrogens with one attached hydrogen (secondary N) is 1. The number of likely N-dealkylation sites (N-methyl/N-ethyl adjacent to an activating group) is 1. The van der Waals surface area contributed by atoms with E-state index < -0.39 is 0 Å². The molecule has 1 N–H and O–H groups in total. The fourth-order valence-electron chi connectivity index (χ4n) is 1.82. The SMILES string of the molecule is CCN(CCOC)Cc1cc(CNC)oc1C. The van der Waals surface area contributed by atoms with Gasteiger partial charge >= 0.3 is 0 Å². The minimum atomic E-state index is 0.772. The van der Waals surface area contributed by atoms with Crippen LogP contribution >= 0.6 is 0 Å². The summed E-state index contributed by atoms with van der Waals surface area (Å²) >= 11 is 0. The first kappa shape index (κ1) is 14.2. The van der Waals surface area contributed by atoms with E-state index in [4.69, 9.17) is 9.15 Å². The van der Waals surface area contributed by atoms with E-state index in [-0.39, 0.29) is 0 Å². The number of ether oxygens (including phenoxy) is 1. The zero-order valence-corrected chi connectivity index (χ0v) is 11.4. The van der Waals surface area contributed by atoms with Crippen molar-refractivity contribution in [3.63, 3.8) is 0 Å². The quantitative estimate of drug-likeness (QED) is 0.751. The molecule has 0 aliphatic carbocycles. The fraction of sp³-hybridized carbons (Fsp3) is 0.692. The van der Waals surface area contributed by atoms with Crippen LogP contribution in [0.3, 0.4) is 0 Å². The first-order valence-electron chi connectivity index (χ1n) is 6.15. The molecule has 17 heavy (non-hydrogen) atoms. The lowest BCUT2D eigenvalue weighted by Gasteiger charge is -2.19. The van der Waals surface area contributed by atoms with Gasteiger partial charge < -0.3 is 14.5 Å². The standard InChI is InChI=1S/C13H24N2O2/c1-5-15(6-7-16-4)10-12-8-13(9-14-3)17-11(12)2/h8,14H,5-7,9-10H2,1-4H3. The van der Waals surface area contributed by atoms with Crippen LogP contribution in [0, 0.1) is 6.92 Å². The highest BCUT2D eigenvalue weighted by Gasteiger charge is 2.10. The van der Waals surface area contributed by atoms with Gasteiger partial charge in [0.1, 0.15) is 11.5 Å². The molecule has 0 aromatic carbocycles. The average molecular weight is 240 g/mol. The van der Waals surface area contributed by atoms with Gasteiger partial charge in [-0.25, -0.2) is 0 Å². The van der Waals surface area contributed by atoms with Gasteiger partial charge in [0, 0.05) is 25.8 Å². The highest BCUT2D eigenvalue weighted by molar-refractivity contribution is 5.20. The van der Waals surface area contributed by atoms with E-state index in [1.54, 1.807) is 7.11 Å². The molecule has 0 bridgehead atoms. The Kier molecular flexibility index (Phi) is 6.26. The summed E-state index contributed by atoms with van der Waals surface area (Å²) in [6.07, 6.45) is 0. The van der Waals surface area contributed by atoms with E-state index >= 15 is 0 Å². The molecule has 0 aliphatic rings. The molecular formula is C13H24N2O2. The average Bonchev–Trinajstić information content (AvgIpc) is 2.65. The molecule has 4 heteroatoms. The Hall–Kier alpha value is -0.840. The molecular weight excluding hydrogens is 216 g/mol. The van der Waals surface area contributed by atoms with Crippen LogP contribution in [-0.2, 0) is 17.8 Å². The fourth-order valence-corrected chi connectivity index (χ4v) is 1.82. The molecule has 0 saturated heterocycles. The summed E-state index contributed by atoms with van der Waals surface area (Å²) in [6.45, 7) is 8.66. The first-order chi connectivity index (χ1) is 8.21. The van der Waals surface area contributed by atoms with Gasteiger partial charge in [-0.15, -0.1) is 0 Å². The Morgan fingerprint density at radius 3 is 2.82 bits per heavy atom. The Bertz CT molecular complexity index is 323. The summed E-state index contributed by atoms with van der Waals surface area (Å²) in [4.78, 5) is 2.35. The highest BCUT2D eigenvalue weighted by Crippen LogP contribution is 2.16. The summed E-state index contributed by atoms with van der Waals surface area (Å²) in [5, 5.41) is 3.10. The number of rotatable bonds is 8. The molecule has 1 aromatic heterocycles. The van der Waals surface area contributed by atoms with Gasteiger partial charge in [0.25, 0.3) is 0 Å². The third-order valence-corrected chi connectivity index (χ3v) is 2.88. The zero-order chi connectivity index (χ0) is 12.7. The second-order valence-electron chi connectivity index (χ2n) is 4.19. The maximum absolute atomic E-state index is 5.68. The number of methoxy groups -OCH3 is 1. The Morgan fingerprint density at radius 2 is 2.24 bits per heavy atom. The van der Waals surface area contributed by atoms with Crippen LogP contribution in [0.4, 0.5) is 0 Å². The largest absolute Gasteiger partial charge is 0.465 e. The molecule has 1 rings (SSSR count). The van der Waals surface area contributed by atoms with Crippen molar-refractivity contribution in [2.24, 2.45) is 0 Å². The monoisotopic (exact) mass is 240 g/mol. The second kappa shape index (κ2) is 7.48. The van der Waals surface area contributed by atoms with Gasteiger partial charge in [-0.3, -0.25) is 4.90 Å². The number of furan rings is 1. The Labute approximate surface area is 104 Å². The van der Waals surface area contributed by atoms with Gasteiger partial charge in [0.2, 0.25) is 0 Å². The van der Waals surface area contributed by atoms with Gasteiger partial charge in [0.15, 0.2) is 0 Å². The molecule has 1 heterocycles. The second-order valence-corrected chi connectivity index (χ2v) is 4.19. The van der Waals surface area contributed by atoms with Crippen molar-refractivity contribution >= 4 is 0 Å².